The van der Waals surface area contributed by atoms with Crippen molar-refractivity contribution in [1.29, 1.82) is 0 Å². The minimum atomic E-state index is 0.710. The zero-order chi connectivity index (χ0) is 6.97. The van der Waals surface area contributed by atoms with Crippen molar-refractivity contribution in [2.45, 2.75) is 0 Å². The van der Waals surface area contributed by atoms with E-state index in [4.69, 9.17) is 7.85 Å². The van der Waals surface area contributed by atoms with Crippen molar-refractivity contribution in [1.82, 2.24) is 15.4 Å². The van der Waals surface area contributed by atoms with Gasteiger partial charge in [-0.05, 0) is 12.1 Å². The zero-order valence-corrected chi connectivity index (χ0v) is 5.20. The summed E-state index contributed by atoms with van der Waals surface area (Å²) in [6, 6.07) is 5.40. The van der Waals surface area contributed by atoms with Gasteiger partial charge in [0.25, 0.3) is 0 Å². The largest absolute Gasteiger partial charge is 0.197 e. The molecule has 46 valence electrons. The predicted octanol–water partition coefficient (Wildman–Crippen LogP) is -0.248. The van der Waals surface area contributed by atoms with Gasteiger partial charge >= 0.3 is 0 Å². The Morgan fingerprint density at radius 2 is 2.00 bits per heavy atom. The van der Waals surface area contributed by atoms with Gasteiger partial charge in [-0.1, -0.05) is 11.5 Å². The molecule has 3 nitrogen and oxygen atoms in total. The van der Waals surface area contributed by atoms with Crippen LogP contribution in [0.5, 0.6) is 0 Å². The number of rotatable bonds is 0. The monoisotopic (exact) mass is 129 g/mol. The molecular weight excluding hydrogens is 125 g/mol. The van der Waals surface area contributed by atoms with Crippen LogP contribution in [0, 0.1) is 0 Å². The Morgan fingerprint density at radius 3 is 2.90 bits per heavy atom. The average Bonchev–Trinajstić information content (AvgIpc) is 2.33. The summed E-state index contributed by atoms with van der Waals surface area (Å²) in [5.41, 5.74) is 2.36. The third kappa shape index (κ3) is 0.691. The van der Waals surface area contributed by atoms with Crippen LogP contribution in [-0.2, 0) is 0 Å². The topological polar surface area (TPSA) is 41.6 Å². The molecule has 0 saturated carbocycles. The summed E-state index contributed by atoms with van der Waals surface area (Å²) in [4.78, 5) is 0. The molecule has 2 radical (unpaired) electrons. The first kappa shape index (κ1) is 5.47. The molecule has 1 heterocycles. The molecule has 2 aromatic rings. The Kier molecular flexibility index (Phi) is 1.00. The lowest BCUT2D eigenvalue weighted by molar-refractivity contribution is 0.959. The van der Waals surface area contributed by atoms with E-state index >= 15 is 0 Å². The van der Waals surface area contributed by atoms with Crippen LogP contribution < -0.4 is 5.46 Å². The Bertz CT molecular complexity index is 355. The maximum atomic E-state index is 5.50. The molecule has 0 aliphatic heterocycles. The molecular formula is C6H4BN3. The third-order valence-electron chi connectivity index (χ3n) is 1.34. The zero-order valence-electron chi connectivity index (χ0n) is 5.20. The summed E-state index contributed by atoms with van der Waals surface area (Å²) < 4.78 is 0. The normalized spacial score (nSPS) is 10.4. The van der Waals surface area contributed by atoms with Gasteiger partial charge in [0.1, 0.15) is 18.9 Å². The van der Waals surface area contributed by atoms with Crippen molar-refractivity contribution < 1.29 is 0 Å². The molecule has 0 atom stereocenters. The van der Waals surface area contributed by atoms with E-state index in [0.29, 0.717) is 5.46 Å². The Morgan fingerprint density at radius 1 is 1.20 bits per heavy atom. The van der Waals surface area contributed by atoms with Crippen molar-refractivity contribution in [3.8, 4) is 0 Å². The van der Waals surface area contributed by atoms with E-state index in [0.717, 1.165) is 11.0 Å². The summed E-state index contributed by atoms with van der Waals surface area (Å²) in [7, 11) is 5.50. The first-order valence-corrected chi connectivity index (χ1v) is 2.92. The molecule has 0 aliphatic rings. The number of benzene rings is 1. The molecule has 0 spiro atoms. The standard InChI is InChI=1S/C6H4BN3/c7-4-1-2-5-6(3-4)9-10-8-5/h1-3H,(H,8,9,10). The fraction of sp³-hybridized carbons (Fsp3) is 0. The highest BCUT2D eigenvalue weighted by Gasteiger charge is 1.94. The van der Waals surface area contributed by atoms with Crippen LogP contribution >= 0.6 is 0 Å². The minimum absolute atomic E-state index is 0.710. The summed E-state index contributed by atoms with van der Waals surface area (Å²) >= 11 is 0. The van der Waals surface area contributed by atoms with Gasteiger partial charge in [0, 0.05) is 0 Å². The number of hydrogen-bond donors (Lipinski definition) is 1. The minimum Gasteiger partial charge on any atom is -0.197 e. The van der Waals surface area contributed by atoms with Crippen LogP contribution in [0.2, 0.25) is 0 Å². The van der Waals surface area contributed by atoms with Crippen LogP contribution in [0.3, 0.4) is 0 Å². The molecule has 1 aromatic heterocycles. The van der Waals surface area contributed by atoms with Crippen LogP contribution in [0.4, 0.5) is 0 Å². The molecule has 10 heavy (non-hydrogen) atoms. The van der Waals surface area contributed by atoms with Crippen LogP contribution in [-0.4, -0.2) is 23.3 Å². The molecule has 0 unspecified atom stereocenters. The predicted molar refractivity (Wildman–Crippen MR) is 39.3 cm³/mol. The molecule has 0 bridgehead atoms. The number of nitrogens with one attached hydrogen (secondary N) is 1. The van der Waals surface area contributed by atoms with E-state index < -0.39 is 0 Å². The van der Waals surface area contributed by atoms with Crippen molar-refractivity contribution >= 4 is 24.3 Å². The Hall–Kier alpha value is -1.32. The molecule has 1 N–H and O–H groups in total. The third-order valence-corrected chi connectivity index (χ3v) is 1.34. The SMILES string of the molecule is [B]c1ccc2n[nH]nc2c1. The molecule has 0 fully saturated rings. The average molecular weight is 129 g/mol. The fourth-order valence-electron chi connectivity index (χ4n) is 0.857. The van der Waals surface area contributed by atoms with E-state index in [1.807, 2.05) is 6.07 Å². The van der Waals surface area contributed by atoms with Crippen molar-refractivity contribution in [3.63, 3.8) is 0 Å². The number of fused-ring (bicyclic) bond motifs is 1. The van der Waals surface area contributed by atoms with E-state index in [2.05, 4.69) is 15.4 Å². The van der Waals surface area contributed by atoms with Gasteiger partial charge in [-0.15, -0.1) is 0 Å². The summed E-state index contributed by atoms with van der Waals surface area (Å²) in [6.07, 6.45) is 0. The maximum Gasteiger partial charge on any atom is 0.113 e. The maximum absolute atomic E-state index is 5.50. The second-order valence-electron chi connectivity index (χ2n) is 2.07. The van der Waals surface area contributed by atoms with Gasteiger partial charge in [-0.25, -0.2) is 0 Å². The molecule has 0 aliphatic carbocycles. The molecule has 1 aromatic carbocycles. The number of hydrogen-bond acceptors (Lipinski definition) is 2. The highest BCUT2D eigenvalue weighted by Crippen LogP contribution is 2.02. The quantitative estimate of drug-likeness (QED) is 0.498. The first-order valence-electron chi connectivity index (χ1n) is 2.92. The lowest BCUT2D eigenvalue weighted by atomic mass is 9.96. The lowest BCUT2D eigenvalue weighted by Crippen LogP contribution is -1.99. The van der Waals surface area contributed by atoms with E-state index in [-0.39, 0.29) is 0 Å². The molecule has 2 rings (SSSR count). The molecule has 0 saturated heterocycles. The first-order chi connectivity index (χ1) is 4.86. The number of aromatic amines is 1. The summed E-state index contributed by atoms with van der Waals surface area (Å²) in [6.45, 7) is 0. The number of nitrogens with zero attached hydrogens (tertiary/aromatic N) is 2. The highest BCUT2D eigenvalue weighted by molar-refractivity contribution is 6.33. The number of aromatic nitrogens is 3. The second kappa shape index (κ2) is 1.83. The molecule has 0 amide bonds. The van der Waals surface area contributed by atoms with Crippen LogP contribution in [0.25, 0.3) is 11.0 Å². The van der Waals surface area contributed by atoms with Crippen molar-refractivity contribution in [2.75, 3.05) is 0 Å². The van der Waals surface area contributed by atoms with Gasteiger partial charge in [-0.3, -0.25) is 0 Å². The van der Waals surface area contributed by atoms with Gasteiger partial charge in [-0.2, -0.15) is 15.4 Å². The van der Waals surface area contributed by atoms with E-state index in [1.54, 1.807) is 12.1 Å². The van der Waals surface area contributed by atoms with E-state index in [9.17, 15) is 0 Å². The number of H-pyrrole nitrogens is 1. The van der Waals surface area contributed by atoms with Gasteiger partial charge in [0.15, 0.2) is 0 Å². The molecule has 4 heteroatoms. The van der Waals surface area contributed by atoms with E-state index in [1.165, 1.54) is 0 Å². The Balaban J connectivity index is 2.86. The lowest BCUT2D eigenvalue weighted by Gasteiger charge is -1.87. The van der Waals surface area contributed by atoms with Crippen molar-refractivity contribution in [3.05, 3.63) is 18.2 Å². The Labute approximate surface area is 58.9 Å². The fourth-order valence-corrected chi connectivity index (χ4v) is 0.857. The second-order valence-corrected chi connectivity index (χ2v) is 2.07. The van der Waals surface area contributed by atoms with Crippen LogP contribution in [0.15, 0.2) is 18.2 Å². The van der Waals surface area contributed by atoms with Gasteiger partial charge < -0.3 is 0 Å². The smallest absolute Gasteiger partial charge is 0.113 e. The highest BCUT2D eigenvalue weighted by atomic mass is 15.3. The van der Waals surface area contributed by atoms with Gasteiger partial charge in [0.05, 0.1) is 0 Å². The summed E-state index contributed by atoms with van der Waals surface area (Å²) in [5.74, 6) is 0. The van der Waals surface area contributed by atoms with Gasteiger partial charge in [0.2, 0.25) is 0 Å². The van der Waals surface area contributed by atoms with Crippen LogP contribution in [0.1, 0.15) is 0 Å². The van der Waals surface area contributed by atoms with Crippen molar-refractivity contribution in [2.24, 2.45) is 0 Å². The summed E-state index contributed by atoms with van der Waals surface area (Å²) in [5, 5.41) is 10.2.